The molecule has 3 aromatic rings. The molecule has 1 aromatic heterocycles. The second-order valence-corrected chi connectivity index (χ2v) is 7.03. The van der Waals surface area contributed by atoms with Crippen LogP contribution in [0.2, 0.25) is 5.02 Å². The van der Waals surface area contributed by atoms with E-state index < -0.39 is 12.1 Å². The standard InChI is InChI=1S/C19H16ClN3O2S/c1-13(10-21)25-18(24)12-26-19-22-16-9-15(20)7-8-17(16)23(19)11-14-5-3-2-4-6-14/h2-9,13H,11-12H2,1H3. The molecular weight excluding hydrogens is 370 g/mol. The molecule has 0 saturated heterocycles. The molecule has 3 rings (SSSR count). The molecular formula is C19H16ClN3O2S. The zero-order chi connectivity index (χ0) is 18.5. The monoisotopic (exact) mass is 385 g/mol. The SMILES string of the molecule is CC(C#N)OC(=O)CSc1nc2cc(Cl)ccc2n1Cc1ccccc1. The van der Waals surface area contributed by atoms with Crippen molar-refractivity contribution < 1.29 is 9.53 Å². The Morgan fingerprint density at radius 2 is 2.12 bits per heavy atom. The number of thioether (sulfide) groups is 1. The average Bonchev–Trinajstić information content (AvgIpc) is 2.97. The van der Waals surface area contributed by atoms with E-state index in [1.165, 1.54) is 18.7 Å². The number of ether oxygens (including phenoxy) is 1. The molecule has 26 heavy (non-hydrogen) atoms. The van der Waals surface area contributed by atoms with Gasteiger partial charge in [-0.1, -0.05) is 53.7 Å². The number of fused-ring (bicyclic) bond motifs is 1. The Hall–Kier alpha value is -2.49. The third-order valence-corrected chi connectivity index (χ3v) is 4.85. The first kappa shape index (κ1) is 18.3. The molecule has 0 N–H and O–H groups in total. The number of nitriles is 1. The van der Waals surface area contributed by atoms with Gasteiger partial charge in [0.05, 0.1) is 23.3 Å². The van der Waals surface area contributed by atoms with Gasteiger partial charge in [-0.15, -0.1) is 0 Å². The molecule has 132 valence electrons. The second kappa shape index (κ2) is 8.26. The van der Waals surface area contributed by atoms with Crippen LogP contribution in [0, 0.1) is 11.3 Å². The molecule has 0 fully saturated rings. The summed E-state index contributed by atoms with van der Waals surface area (Å²) in [6.45, 7) is 2.17. The lowest BCUT2D eigenvalue weighted by Crippen LogP contribution is -2.15. The van der Waals surface area contributed by atoms with Gasteiger partial charge in [-0.2, -0.15) is 5.26 Å². The van der Waals surface area contributed by atoms with E-state index in [9.17, 15) is 4.79 Å². The Balaban J connectivity index is 1.87. The highest BCUT2D eigenvalue weighted by Gasteiger charge is 2.15. The first-order valence-corrected chi connectivity index (χ1v) is 9.35. The maximum atomic E-state index is 11.9. The molecule has 0 aliphatic heterocycles. The lowest BCUT2D eigenvalue weighted by atomic mass is 10.2. The fourth-order valence-corrected chi connectivity index (χ4v) is 3.45. The summed E-state index contributed by atoms with van der Waals surface area (Å²) in [4.78, 5) is 16.5. The lowest BCUT2D eigenvalue weighted by molar-refractivity contribution is -0.142. The first-order valence-electron chi connectivity index (χ1n) is 7.98. The minimum atomic E-state index is -0.759. The highest BCUT2D eigenvalue weighted by atomic mass is 35.5. The maximum absolute atomic E-state index is 11.9. The number of hydrogen-bond acceptors (Lipinski definition) is 5. The van der Waals surface area contributed by atoms with Gasteiger partial charge in [0, 0.05) is 5.02 Å². The molecule has 1 atom stereocenters. The summed E-state index contributed by atoms with van der Waals surface area (Å²) in [7, 11) is 0. The second-order valence-electron chi connectivity index (χ2n) is 5.65. The van der Waals surface area contributed by atoms with Crippen LogP contribution in [0.25, 0.3) is 11.0 Å². The van der Waals surface area contributed by atoms with Crippen molar-refractivity contribution in [2.45, 2.75) is 24.7 Å². The number of halogens is 1. The summed E-state index contributed by atoms with van der Waals surface area (Å²) in [5.41, 5.74) is 2.85. The number of hydrogen-bond donors (Lipinski definition) is 0. The van der Waals surface area contributed by atoms with E-state index >= 15 is 0 Å². The Morgan fingerprint density at radius 1 is 1.35 bits per heavy atom. The van der Waals surface area contributed by atoms with Crippen molar-refractivity contribution in [1.82, 2.24) is 9.55 Å². The smallest absolute Gasteiger partial charge is 0.317 e. The van der Waals surface area contributed by atoms with Crippen molar-refractivity contribution >= 4 is 40.4 Å². The number of aromatic nitrogens is 2. The van der Waals surface area contributed by atoms with Crippen molar-refractivity contribution in [3.63, 3.8) is 0 Å². The van der Waals surface area contributed by atoms with Crippen molar-refractivity contribution in [3.8, 4) is 6.07 Å². The van der Waals surface area contributed by atoms with Gasteiger partial charge in [0.25, 0.3) is 0 Å². The molecule has 2 aromatic carbocycles. The summed E-state index contributed by atoms with van der Waals surface area (Å²) >= 11 is 7.36. The lowest BCUT2D eigenvalue weighted by Gasteiger charge is -2.09. The molecule has 1 unspecified atom stereocenters. The predicted molar refractivity (Wildman–Crippen MR) is 102 cm³/mol. The highest BCUT2D eigenvalue weighted by molar-refractivity contribution is 7.99. The van der Waals surface area contributed by atoms with Crippen LogP contribution >= 0.6 is 23.4 Å². The number of nitrogens with zero attached hydrogens (tertiary/aromatic N) is 3. The minimum Gasteiger partial charge on any atom is -0.447 e. The van der Waals surface area contributed by atoms with Gasteiger partial charge >= 0.3 is 5.97 Å². The predicted octanol–water partition coefficient (Wildman–Crippen LogP) is 4.29. The normalized spacial score (nSPS) is 11.9. The molecule has 0 aliphatic rings. The van der Waals surface area contributed by atoms with E-state index in [2.05, 4.69) is 4.98 Å². The molecule has 0 saturated carbocycles. The van der Waals surface area contributed by atoms with E-state index in [-0.39, 0.29) is 5.75 Å². The minimum absolute atomic E-state index is 0.0812. The van der Waals surface area contributed by atoms with Crippen LogP contribution in [-0.4, -0.2) is 27.4 Å². The van der Waals surface area contributed by atoms with Gasteiger partial charge in [0.15, 0.2) is 11.3 Å². The number of imidazole rings is 1. The summed E-state index contributed by atoms with van der Waals surface area (Å²) in [5, 5.41) is 10.0. The number of carbonyl (C=O) groups is 1. The van der Waals surface area contributed by atoms with Crippen LogP contribution in [0.5, 0.6) is 0 Å². The Kier molecular flexibility index (Phi) is 5.82. The van der Waals surface area contributed by atoms with Gasteiger partial charge in [-0.05, 0) is 30.7 Å². The quantitative estimate of drug-likeness (QED) is 0.467. The largest absolute Gasteiger partial charge is 0.447 e. The van der Waals surface area contributed by atoms with Crippen molar-refractivity contribution in [3.05, 3.63) is 59.1 Å². The fourth-order valence-electron chi connectivity index (χ4n) is 2.49. The van der Waals surface area contributed by atoms with E-state index in [1.54, 1.807) is 6.07 Å². The van der Waals surface area contributed by atoms with Crippen LogP contribution in [-0.2, 0) is 16.1 Å². The van der Waals surface area contributed by atoms with Crippen molar-refractivity contribution in [1.29, 1.82) is 5.26 Å². The molecule has 7 heteroatoms. The van der Waals surface area contributed by atoms with Gasteiger partial charge in [0.1, 0.15) is 6.07 Å². The van der Waals surface area contributed by atoms with Crippen LogP contribution < -0.4 is 0 Å². The van der Waals surface area contributed by atoms with E-state index in [1.807, 2.05) is 53.1 Å². The zero-order valence-electron chi connectivity index (χ0n) is 14.1. The van der Waals surface area contributed by atoms with Crippen molar-refractivity contribution in [2.24, 2.45) is 0 Å². The number of esters is 1. The number of rotatable bonds is 6. The Labute approximate surface area is 160 Å². The Bertz CT molecular complexity index is 966. The highest BCUT2D eigenvalue weighted by Crippen LogP contribution is 2.27. The maximum Gasteiger partial charge on any atom is 0.317 e. The summed E-state index contributed by atoms with van der Waals surface area (Å²) in [6.07, 6.45) is -0.759. The van der Waals surface area contributed by atoms with Crippen LogP contribution in [0.15, 0.2) is 53.7 Å². The van der Waals surface area contributed by atoms with Gasteiger partial charge < -0.3 is 9.30 Å². The molecule has 0 amide bonds. The molecule has 0 spiro atoms. The van der Waals surface area contributed by atoms with E-state index in [4.69, 9.17) is 21.6 Å². The molecule has 1 heterocycles. The molecule has 0 bridgehead atoms. The Morgan fingerprint density at radius 3 is 2.85 bits per heavy atom. The van der Waals surface area contributed by atoms with Crippen LogP contribution in [0.1, 0.15) is 12.5 Å². The molecule has 5 nitrogen and oxygen atoms in total. The summed E-state index contributed by atoms with van der Waals surface area (Å²) < 4.78 is 7.04. The van der Waals surface area contributed by atoms with Gasteiger partial charge in [0.2, 0.25) is 0 Å². The first-order chi connectivity index (χ1) is 12.6. The third-order valence-electron chi connectivity index (χ3n) is 3.67. The number of benzene rings is 2. The third kappa shape index (κ3) is 4.37. The topological polar surface area (TPSA) is 67.9 Å². The number of carbonyl (C=O) groups excluding carboxylic acids is 1. The van der Waals surface area contributed by atoms with E-state index in [0.29, 0.717) is 16.7 Å². The van der Waals surface area contributed by atoms with Crippen LogP contribution in [0.3, 0.4) is 0 Å². The fraction of sp³-hybridized carbons (Fsp3) is 0.211. The molecule has 0 aliphatic carbocycles. The summed E-state index contributed by atoms with van der Waals surface area (Å²) in [6, 6.07) is 17.5. The van der Waals surface area contributed by atoms with E-state index in [0.717, 1.165) is 16.6 Å². The average molecular weight is 386 g/mol. The van der Waals surface area contributed by atoms with Gasteiger partial charge in [-0.25, -0.2) is 4.98 Å². The van der Waals surface area contributed by atoms with Crippen molar-refractivity contribution in [2.75, 3.05) is 5.75 Å². The summed E-state index contributed by atoms with van der Waals surface area (Å²) in [5.74, 6) is -0.363. The van der Waals surface area contributed by atoms with Gasteiger partial charge in [-0.3, -0.25) is 4.79 Å². The van der Waals surface area contributed by atoms with Crippen LogP contribution in [0.4, 0.5) is 0 Å². The molecule has 0 radical (unpaired) electrons. The zero-order valence-corrected chi connectivity index (χ0v) is 15.6.